The first-order valence-electron chi connectivity index (χ1n) is 11.7. The molecule has 2 bridgehead atoms. The molecule has 3 aliphatic rings. The number of amides is 1. The lowest BCUT2D eigenvalue weighted by Gasteiger charge is -2.62. The van der Waals surface area contributed by atoms with Crippen LogP contribution in [0, 0.1) is 23.2 Å². The molecule has 4 atom stereocenters. The fraction of sp³-hybridized carbons (Fsp3) is 0.520. The van der Waals surface area contributed by atoms with Gasteiger partial charge in [0.1, 0.15) is 5.75 Å². The number of allylic oxidation sites excluding steroid dienone is 2. The Kier molecular flexibility index (Phi) is 13.0. The number of phenols is 1. The second-order valence-corrected chi connectivity index (χ2v) is 12.8. The quantitative estimate of drug-likeness (QED) is 0.0962. The van der Waals surface area contributed by atoms with Crippen LogP contribution in [0.3, 0.4) is 0 Å². The number of rotatable bonds is 8. The lowest BCUT2D eigenvalue weighted by molar-refractivity contribution is -0.137. The number of aliphatic carboxylic acids is 1. The third kappa shape index (κ3) is 7.83. The van der Waals surface area contributed by atoms with Crippen molar-refractivity contribution in [3.05, 3.63) is 41.3 Å². The molecule has 3 N–H and O–H groups in total. The number of hydrogen-bond donors (Lipinski definition) is 5. The number of unbranched alkanes of at least 4 members (excludes halogenated alkanes) is 1. The molecular formula is C25H33NO4S6. The van der Waals surface area contributed by atoms with Crippen molar-refractivity contribution in [1.82, 2.24) is 5.32 Å². The van der Waals surface area contributed by atoms with Crippen LogP contribution in [0.5, 0.6) is 5.75 Å². The number of hydrogen-bond acceptors (Lipinski definition) is 9. The molecule has 1 aromatic carbocycles. The van der Waals surface area contributed by atoms with Gasteiger partial charge in [-0.1, -0.05) is 49.3 Å². The van der Waals surface area contributed by atoms with E-state index in [9.17, 15) is 14.7 Å². The van der Waals surface area contributed by atoms with Crippen molar-refractivity contribution in [2.75, 3.05) is 0 Å². The molecule has 1 heterocycles. The summed E-state index contributed by atoms with van der Waals surface area (Å²) >= 11 is 16.0. The third-order valence-corrected chi connectivity index (χ3v) is 8.50. The van der Waals surface area contributed by atoms with Crippen LogP contribution in [0.15, 0.2) is 35.7 Å². The van der Waals surface area contributed by atoms with Gasteiger partial charge in [0.25, 0.3) is 5.91 Å². The van der Waals surface area contributed by atoms with Gasteiger partial charge < -0.3 is 15.5 Å². The van der Waals surface area contributed by atoms with Gasteiger partial charge in [-0.25, -0.2) is 0 Å². The number of thiophene rings is 1. The van der Waals surface area contributed by atoms with E-state index in [1.54, 1.807) is 12.1 Å². The fourth-order valence-corrected chi connectivity index (χ4v) is 6.47. The second-order valence-electron chi connectivity index (χ2n) is 9.76. The van der Waals surface area contributed by atoms with E-state index in [4.69, 9.17) is 5.11 Å². The van der Waals surface area contributed by atoms with Crippen LogP contribution in [0.1, 0.15) is 62.7 Å². The largest absolute Gasteiger partial charge is 0.508 e. The fourth-order valence-electron chi connectivity index (χ4n) is 5.55. The Balaban J connectivity index is 0.000000850. The molecule has 3 aliphatic carbocycles. The summed E-state index contributed by atoms with van der Waals surface area (Å²) in [6.07, 6.45) is 9.08. The first kappa shape index (κ1) is 31.4. The van der Waals surface area contributed by atoms with Crippen molar-refractivity contribution in [2.45, 2.75) is 58.4 Å². The van der Waals surface area contributed by atoms with Gasteiger partial charge in [-0.15, -0.1) is 11.3 Å². The summed E-state index contributed by atoms with van der Waals surface area (Å²) in [4.78, 5) is 23.9. The molecule has 0 aliphatic heterocycles. The Morgan fingerprint density at radius 1 is 1.25 bits per heavy atom. The van der Waals surface area contributed by atoms with Gasteiger partial charge in [-0.2, -0.15) is 0 Å². The number of aromatic hydroxyl groups is 1. The standard InChI is InChI=1S/C25H31NO4S.H2S3.S2/c1-25(2)16-11-15(7-5-3-4-6-8-22(28)29)23(20(25)12-16)26-24(30)19-14-31-21-10-9-17(27)13-18(19)21;1-3-2;1-2/h3,5,9-10,13-16,20,23,27H,4,6-8,11-12H2,1-2H3,(H,26,30)(H,28,29);1-2H;/b5-3-;;/t15-,16-,20-,23-;;/m0../s1. The predicted molar refractivity (Wildman–Crippen MR) is 164 cm³/mol. The second kappa shape index (κ2) is 14.9. The number of carboxylic acids is 1. The van der Waals surface area contributed by atoms with E-state index in [1.807, 2.05) is 11.4 Å². The molecule has 3 fully saturated rings. The molecule has 36 heavy (non-hydrogen) atoms. The van der Waals surface area contributed by atoms with Crippen LogP contribution in [0.2, 0.25) is 0 Å². The van der Waals surface area contributed by atoms with Crippen molar-refractivity contribution in [3.63, 3.8) is 0 Å². The Bertz CT molecular complexity index is 1060. The highest BCUT2D eigenvalue weighted by Gasteiger charge is 2.57. The highest BCUT2D eigenvalue weighted by atomic mass is 33.5. The van der Waals surface area contributed by atoms with Crippen molar-refractivity contribution in [1.29, 1.82) is 0 Å². The summed E-state index contributed by atoms with van der Waals surface area (Å²) < 4.78 is 0.997. The Hall–Kier alpha value is -0.850. The molecular weight excluding hydrogens is 571 g/mol. The van der Waals surface area contributed by atoms with E-state index >= 15 is 0 Å². The molecule has 0 saturated heterocycles. The van der Waals surface area contributed by atoms with Gasteiger partial charge in [-0.05, 0) is 83.3 Å². The van der Waals surface area contributed by atoms with Gasteiger partial charge in [0.2, 0.25) is 0 Å². The van der Waals surface area contributed by atoms with Crippen molar-refractivity contribution in [2.24, 2.45) is 23.2 Å². The molecule has 0 unspecified atom stereocenters. The summed E-state index contributed by atoms with van der Waals surface area (Å²) in [5.41, 5.74) is 0.882. The summed E-state index contributed by atoms with van der Waals surface area (Å²) in [5.74, 6) is 0.939. The molecule has 11 heteroatoms. The maximum absolute atomic E-state index is 13.2. The predicted octanol–water partition coefficient (Wildman–Crippen LogP) is 6.99. The van der Waals surface area contributed by atoms with E-state index in [0.717, 1.165) is 39.2 Å². The average molecular weight is 604 g/mol. The molecule has 0 radical (unpaired) electrons. The van der Waals surface area contributed by atoms with E-state index < -0.39 is 5.97 Å². The molecule has 5 rings (SSSR count). The number of carbonyl (C=O) groups is 2. The minimum atomic E-state index is -0.750. The zero-order valence-electron chi connectivity index (χ0n) is 20.3. The van der Waals surface area contributed by atoms with Crippen LogP contribution in [0.25, 0.3) is 10.1 Å². The van der Waals surface area contributed by atoms with Crippen LogP contribution in [0.4, 0.5) is 0 Å². The number of phenolic OH excluding ortho intramolecular Hbond substituents is 1. The Morgan fingerprint density at radius 2 is 1.94 bits per heavy atom. The monoisotopic (exact) mass is 603 g/mol. The van der Waals surface area contributed by atoms with E-state index in [2.05, 4.69) is 77.0 Å². The van der Waals surface area contributed by atoms with Gasteiger partial charge >= 0.3 is 5.97 Å². The molecule has 1 aromatic heterocycles. The maximum atomic E-state index is 13.2. The zero-order chi connectivity index (χ0) is 26.9. The molecule has 0 spiro atoms. The Morgan fingerprint density at radius 3 is 2.58 bits per heavy atom. The van der Waals surface area contributed by atoms with Gasteiger partial charge in [0.15, 0.2) is 0 Å². The van der Waals surface area contributed by atoms with Crippen LogP contribution < -0.4 is 5.32 Å². The number of benzene rings is 1. The van der Waals surface area contributed by atoms with Crippen LogP contribution in [-0.2, 0) is 27.2 Å². The number of carboxylic acid groups (broad SMARTS) is 1. The first-order chi connectivity index (χ1) is 17.2. The molecule has 3 saturated carbocycles. The summed E-state index contributed by atoms with van der Waals surface area (Å²) in [5, 5.41) is 24.7. The zero-order valence-corrected chi connectivity index (χ0v) is 25.3. The lowest BCUT2D eigenvalue weighted by Crippen LogP contribution is -2.63. The summed E-state index contributed by atoms with van der Waals surface area (Å²) in [7, 11) is 1.14. The molecule has 1 amide bonds. The Labute approximate surface area is 241 Å². The molecule has 198 valence electrons. The topological polar surface area (TPSA) is 86.6 Å². The first-order valence-corrected chi connectivity index (χ1v) is 16.8. The third-order valence-electron chi connectivity index (χ3n) is 7.54. The number of thiol groups is 2. The highest BCUT2D eigenvalue weighted by molar-refractivity contribution is 9.01. The van der Waals surface area contributed by atoms with Crippen LogP contribution in [-0.4, -0.2) is 28.1 Å². The number of nitrogens with one attached hydrogen (secondary N) is 1. The van der Waals surface area contributed by atoms with Crippen LogP contribution >= 0.6 is 44.5 Å². The lowest BCUT2D eigenvalue weighted by atomic mass is 9.44. The summed E-state index contributed by atoms with van der Waals surface area (Å²) in [6.45, 7) is 4.64. The highest BCUT2D eigenvalue weighted by Crippen LogP contribution is 2.61. The molecule has 2 aromatic rings. The maximum Gasteiger partial charge on any atom is 0.303 e. The minimum absolute atomic E-state index is 0.0570. The van der Waals surface area contributed by atoms with Crippen molar-refractivity contribution >= 4 is 88.8 Å². The van der Waals surface area contributed by atoms with E-state index in [0.29, 0.717) is 29.7 Å². The van der Waals surface area contributed by atoms with Crippen molar-refractivity contribution in [3.8, 4) is 5.75 Å². The van der Waals surface area contributed by atoms with E-state index in [-0.39, 0.29) is 29.5 Å². The summed E-state index contributed by atoms with van der Waals surface area (Å²) in [6, 6.07) is 5.30. The van der Waals surface area contributed by atoms with Gasteiger partial charge in [0, 0.05) is 50.3 Å². The minimum Gasteiger partial charge on any atom is -0.508 e. The average Bonchev–Trinajstić information content (AvgIpc) is 3.26. The van der Waals surface area contributed by atoms with E-state index in [1.165, 1.54) is 17.8 Å². The SMILES string of the molecule is CC1(C)[C@H]2C[C@H](C/C=C\CCCC(=O)O)[C@H](NC(=O)c3csc4ccc(O)cc34)[C@@H]1C2.S=S.SSS. The van der Waals surface area contributed by atoms with Gasteiger partial charge in [0.05, 0.1) is 5.56 Å². The number of carbonyl (C=O) groups excluding carboxylic acids is 1. The normalized spacial score (nSPS) is 23.6. The number of fused-ring (bicyclic) bond motifs is 3. The molecule has 5 nitrogen and oxygen atoms in total. The van der Waals surface area contributed by atoms with Crippen molar-refractivity contribution < 1.29 is 19.8 Å². The smallest absolute Gasteiger partial charge is 0.303 e. The van der Waals surface area contributed by atoms with Gasteiger partial charge in [-0.3, -0.25) is 9.59 Å².